The summed E-state index contributed by atoms with van der Waals surface area (Å²) in [4.78, 5) is 14.4. The zero-order valence-electron chi connectivity index (χ0n) is 10.9. The lowest BCUT2D eigenvalue weighted by atomic mass is 9.96. The van der Waals surface area contributed by atoms with Gasteiger partial charge in [-0.1, -0.05) is 6.92 Å². The Balaban J connectivity index is 1.93. The van der Waals surface area contributed by atoms with Crippen LogP contribution in [-0.2, 0) is 9.53 Å². The molecule has 2 unspecified atom stereocenters. The van der Waals surface area contributed by atoms with Crippen molar-refractivity contribution in [3.63, 3.8) is 0 Å². The van der Waals surface area contributed by atoms with Crippen LogP contribution in [0, 0.1) is 5.92 Å². The fraction of sp³-hybridized carbons (Fsp3) is 0.923. The summed E-state index contributed by atoms with van der Waals surface area (Å²) in [5, 5.41) is 3.34. The van der Waals surface area contributed by atoms with Gasteiger partial charge in [-0.2, -0.15) is 0 Å². The van der Waals surface area contributed by atoms with Crippen LogP contribution >= 0.6 is 0 Å². The quantitative estimate of drug-likeness (QED) is 0.800. The molecule has 0 aromatic rings. The molecule has 0 saturated carbocycles. The molecule has 98 valence electrons. The Morgan fingerprint density at radius 1 is 1.35 bits per heavy atom. The molecule has 2 heterocycles. The number of piperidine rings is 1. The summed E-state index contributed by atoms with van der Waals surface area (Å²) in [7, 11) is 1.96. The van der Waals surface area contributed by atoms with Gasteiger partial charge in [0.15, 0.2) is 0 Å². The predicted molar refractivity (Wildman–Crippen MR) is 66.8 cm³/mol. The van der Waals surface area contributed by atoms with Gasteiger partial charge in [0.25, 0.3) is 0 Å². The number of amides is 1. The molecule has 4 heteroatoms. The van der Waals surface area contributed by atoms with Crippen molar-refractivity contribution >= 4 is 5.91 Å². The van der Waals surface area contributed by atoms with E-state index in [-0.39, 0.29) is 12.0 Å². The van der Waals surface area contributed by atoms with Crippen molar-refractivity contribution in [3.8, 4) is 0 Å². The van der Waals surface area contributed by atoms with Crippen molar-refractivity contribution in [3.05, 3.63) is 0 Å². The van der Waals surface area contributed by atoms with Crippen molar-refractivity contribution in [1.29, 1.82) is 0 Å². The molecule has 1 N–H and O–H groups in total. The molecule has 4 nitrogen and oxygen atoms in total. The van der Waals surface area contributed by atoms with Gasteiger partial charge < -0.3 is 15.0 Å². The minimum atomic E-state index is 0.0971. The van der Waals surface area contributed by atoms with E-state index >= 15 is 0 Å². The molecule has 0 radical (unpaired) electrons. The minimum absolute atomic E-state index is 0.0971. The number of carbonyl (C=O) groups excluding carboxylic acids is 1. The Morgan fingerprint density at radius 3 is 2.71 bits per heavy atom. The highest BCUT2D eigenvalue weighted by Crippen LogP contribution is 2.26. The Morgan fingerprint density at radius 2 is 2.06 bits per heavy atom. The molecule has 2 aliphatic heterocycles. The molecule has 0 spiro atoms. The molecule has 2 saturated heterocycles. The number of nitrogens with one attached hydrogen (secondary N) is 1. The summed E-state index contributed by atoms with van der Waals surface area (Å²) in [6.45, 7) is 4.90. The smallest absolute Gasteiger partial charge is 0.228 e. The molecular formula is C13H24N2O2. The first-order chi connectivity index (χ1) is 8.24. The number of carbonyl (C=O) groups is 1. The summed E-state index contributed by atoms with van der Waals surface area (Å²) in [6.07, 6.45) is 4.13. The van der Waals surface area contributed by atoms with Crippen LogP contribution in [0.3, 0.4) is 0 Å². The number of ether oxygens (including phenoxy) is 1. The highest BCUT2D eigenvalue weighted by Gasteiger charge is 2.36. The van der Waals surface area contributed by atoms with E-state index in [4.69, 9.17) is 4.74 Å². The van der Waals surface area contributed by atoms with E-state index in [1.54, 1.807) is 0 Å². The van der Waals surface area contributed by atoms with Gasteiger partial charge in [-0.15, -0.1) is 0 Å². The predicted octanol–water partition coefficient (Wildman–Crippen LogP) is 1.01. The van der Waals surface area contributed by atoms with Crippen LogP contribution in [0.5, 0.6) is 0 Å². The van der Waals surface area contributed by atoms with E-state index in [2.05, 4.69) is 12.2 Å². The third kappa shape index (κ3) is 2.80. The first-order valence-corrected chi connectivity index (χ1v) is 6.83. The Labute approximate surface area is 104 Å². The maximum Gasteiger partial charge on any atom is 0.228 e. The fourth-order valence-corrected chi connectivity index (χ4v) is 2.97. The number of nitrogens with zero attached hydrogens (tertiary/aromatic N) is 1. The molecule has 2 aliphatic rings. The van der Waals surface area contributed by atoms with E-state index in [0.717, 1.165) is 45.4 Å². The van der Waals surface area contributed by atoms with Crippen LogP contribution in [0.4, 0.5) is 0 Å². The molecule has 2 rings (SSSR count). The molecule has 17 heavy (non-hydrogen) atoms. The normalized spacial score (nSPS) is 30.5. The third-order valence-corrected chi connectivity index (χ3v) is 4.13. The summed E-state index contributed by atoms with van der Waals surface area (Å²) >= 11 is 0. The number of hydrogen-bond acceptors (Lipinski definition) is 3. The summed E-state index contributed by atoms with van der Waals surface area (Å²) in [5.41, 5.74) is 0. The van der Waals surface area contributed by atoms with Gasteiger partial charge in [0.2, 0.25) is 5.91 Å². The van der Waals surface area contributed by atoms with Gasteiger partial charge >= 0.3 is 0 Å². The summed E-state index contributed by atoms with van der Waals surface area (Å²) in [6, 6.07) is 0.418. The van der Waals surface area contributed by atoms with Crippen LogP contribution < -0.4 is 5.32 Å². The second kappa shape index (κ2) is 5.83. The molecule has 2 atom stereocenters. The first kappa shape index (κ1) is 12.8. The number of hydrogen-bond donors (Lipinski definition) is 1. The SMILES string of the molecule is CCC1OCCC1C(=O)N(C)C1CCNCC1. The highest BCUT2D eigenvalue weighted by atomic mass is 16.5. The largest absolute Gasteiger partial charge is 0.377 e. The van der Waals surface area contributed by atoms with Crippen molar-refractivity contribution in [1.82, 2.24) is 10.2 Å². The topological polar surface area (TPSA) is 41.6 Å². The first-order valence-electron chi connectivity index (χ1n) is 6.83. The van der Waals surface area contributed by atoms with E-state index in [1.165, 1.54) is 0 Å². The zero-order chi connectivity index (χ0) is 12.3. The Kier molecular flexibility index (Phi) is 4.40. The van der Waals surface area contributed by atoms with Gasteiger partial charge in [0.05, 0.1) is 12.0 Å². The van der Waals surface area contributed by atoms with Crippen LogP contribution in [0.1, 0.15) is 32.6 Å². The van der Waals surface area contributed by atoms with E-state index < -0.39 is 0 Å². The summed E-state index contributed by atoms with van der Waals surface area (Å²) < 4.78 is 5.61. The second-order valence-electron chi connectivity index (χ2n) is 5.14. The standard InChI is InChI=1S/C13H24N2O2/c1-3-12-11(6-9-17-12)13(16)15(2)10-4-7-14-8-5-10/h10-12,14H,3-9H2,1-2H3. The monoisotopic (exact) mass is 240 g/mol. The maximum absolute atomic E-state index is 12.4. The Bertz CT molecular complexity index is 264. The van der Waals surface area contributed by atoms with Gasteiger partial charge in [-0.3, -0.25) is 4.79 Å². The van der Waals surface area contributed by atoms with Gasteiger partial charge in [0.1, 0.15) is 0 Å². The van der Waals surface area contributed by atoms with Gasteiger partial charge in [-0.25, -0.2) is 0 Å². The molecule has 0 aromatic heterocycles. The van der Waals surface area contributed by atoms with Crippen LogP contribution in [0.25, 0.3) is 0 Å². The van der Waals surface area contributed by atoms with Crippen molar-refractivity contribution in [2.75, 3.05) is 26.7 Å². The van der Waals surface area contributed by atoms with Gasteiger partial charge in [-0.05, 0) is 38.8 Å². The molecular weight excluding hydrogens is 216 g/mol. The average Bonchev–Trinajstić information content (AvgIpc) is 2.86. The lowest BCUT2D eigenvalue weighted by Gasteiger charge is -2.34. The van der Waals surface area contributed by atoms with E-state index in [9.17, 15) is 4.79 Å². The number of rotatable bonds is 3. The molecule has 0 aromatic carbocycles. The Hall–Kier alpha value is -0.610. The van der Waals surface area contributed by atoms with E-state index in [0.29, 0.717) is 11.9 Å². The molecule has 1 amide bonds. The molecule has 2 fully saturated rings. The van der Waals surface area contributed by atoms with Crippen LogP contribution in [0.15, 0.2) is 0 Å². The zero-order valence-corrected chi connectivity index (χ0v) is 10.9. The lowest BCUT2D eigenvalue weighted by Crippen LogP contribution is -2.47. The second-order valence-corrected chi connectivity index (χ2v) is 5.14. The van der Waals surface area contributed by atoms with Crippen LogP contribution in [-0.4, -0.2) is 49.7 Å². The third-order valence-electron chi connectivity index (χ3n) is 4.13. The average molecular weight is 240 g/mol. The van der Waals surface area contributed by atoms with Crippen molar-refractivity contribution in [2.24, 2.45) is 5.92 Å². The van der Waals surface area contributed by atoms with Gasteiger partial charge in [0, 0.05) is 19.7 Å². The van der Waals surface area contributed by atoms with E-state index in [1.807, 2.05) is 11.9 Å². The van der Waals surface area contributed by atoms with Crippen molar-refractivity contribution < 1.29 is 9.53 Å². The molecule has 0 bridgehead atoms. The summed E-state index contributed by atoms with van der Waals surface area (Å²) in [5.74, 6) is 0.390. The minimum Gasteiger partial charge on any atom is -0.377 e. The fourth-order valence-electron chi connectivity index (χ4n) is 2.97. The lowest BCUT2D eigenvalue weighted by molar-refractivity contribution is -0.138. The van der Waals surface area contributed by atoms with Crippen LogP contribution in [0.2, 0.25) is 0 Å². The maximum atomic E-state index is 12.4. The molecule has 0 aliphatic carbocycles. The highest BCUT2D eigenvalue weighted by molar-refractivity contribution is 5.79. The van der Waals surface area contributed by atoms with Crippen molar-refractivity contribution in [2.45, 2.75) is 44.8 Å².